The highest BCUT2D eigenvalue weighted by molar-refractivity contribution is 5.99. The van der Waals surface area contributed by atoms with Crippen LogP contribution in [0.2, 0.25) is 0 Å². The summed E-state index contributed by atoms with van der Waals surface area (Å²) in [5.41, 5.74) is 1.42. The third kappa shape index (κ3) is 4.41. The molecule has 5 heteroatoms. The SMILES string of the molecule is Cc1cccc(NC(=O)CCNC(=O)c2ccc3ccccc3c2)n1. The molecule has 2 aromatic carbocycles. The van der Waals surface area contributed by atoms with Crippen molar-refractivity contribution in [1.82, 2.24) is 10.3 Å². The van der Waals surface area contributed by atoms with Gasteiger partial charge in [-0.2, -0.15) is 0 Å². The maximum absolute atomic E-state index is 12.2. The monoisotopic (exact) mass is 333 g/mol. The van der Waals surface area contributed by atoms with Gasteiger partial charge in [-0.15, -0.1) is 0 Å². The second-order valence-corrected chi connectivity index (χ2v) is 5.78. The molecule has 0 saturated heterocycles. The topological polar surface area (TPSA) is 71.1 Å². The molecule has 0 aliphatic carbocycles. The lowest BCUT2D eigenvalue weighted by molar-refractivity contribution is -0.116. The van der Waals surface area contributed by atoms with Crippen molar-refractivity contribution in [3.63, 3.8) is 0 Å². The van der Waals surface area contributed by atoms with Crippen LogP contribution in [0.25, 0.3) is 10.8 Å². The number of anilines is 1. The number of nitrogens with one attached hydrogen (secondary N) is 2. The van der Waals surface area contributed by atoms with Gasteiger partial charge in [-0.05, 0) is 42.0 Å². The maximum Gasteiger partial charge on any atom is 0.251 e. The van der Waals surface area contributed by atoms with Crippen LogP contribution in [0.5, 0.6) is 0 Å². The largest absolute Gasteiger partial charge is 0.352 e. The van der Waals surface area contributed by atoms with Gasteiger partial charge >= 0.3 is 0 Å². The average molecular weight is 333 g/mol. The summed E-state index contributed by atoms with van der Waals surface area (Å²) >= 11 is 0. The molecule has 126 valence electrons. The van der Waals surface area contributed by atoms with Crippen molar-refractivity contribution in [1.29, 1.82) is 0 Å². The van der Waals surface area contributed by atoms with Gasteiger partial charge < -0.3 is 10.6 Å². The molecule has 0 fully saturated rings. The van der Waals surface area contributed by atoms with E-state index in [4.69, 9.17) is 0 Å². The van der Waals surface area contributed by atoms with Gasteiger partial charge in [0.05, 0.1) is 0 Å². The molecule has 3 aromatic rings. The van der Waals surface area contributed by atoms with Gasteiger partial charge in [0.15, 0.2) is 0 Å². The molecule has 0 aliphatic heterocycles. The van der Waals surface area contributed by atoms with Crippen molar-refractivity contribution in [2.45, 2.75) is 13.3 Å². The van der Waals surface area contributed by atoms with E-state index < -0.39 is 0 Å². The molecular formula is C20H19N3O2. The molecule has 0 unspecified atom stereocenters. The highest BCUT2D eigenvalue weighted by Gasteiger charge is 2.08. The van der Waals surface area contributed by atoms with Crippen LogP contribution in [0, 0.1) is 6.92 Å². The number of benzene rings is 2. The lowest BCUT2D eigenvalue weighted by Crippen LogP contribution is -2.27. The first kappa shape index (κ1) is 16.6. The summed E-state index contributed by atoms with van der Waals surface area (Å²) in [6, 6.07) is 18.8. The van der Waals surface area contributed by atoms with E-state index in [-0.39, 0.29) is 24.8 Å². The van der Waals surface area contributed by atoms with E-state index in [1.165, 1.54) is 0 Å². The van der Waals surface area contributed by atoms with E-state index in [0.29, 0.717) is 11.4 Å². The molecule has 0 spiro atoms. The Kier molecular flexibility index (Phi) is 5.04. The Morgan fingerprint density at radius 1 is 0.960 bits per heavy atom. The Hall–Kier alpha value is -3.21. The normalized spacial score (nSPS) is 10.4. The Bertz CT molecular complexity index is 921. The minimum Gasteiger partial charge on any atom is -0.352 e. The van der Waals surface area contributed by atoms with E-state index in [0.717, 1.165) is 16.5 Å². The molecule has 1 heterocycles. The van der Waals surface area contributed by atoms with Crippen molar-refractivity contribution in [2.75, 3.05) is 11.9 Å². The van der Waals surface area contributed by atoms with Gasteiger partial charge in [0.25, 0.3) is 5.91 Å². The first-order valence-electron chi connectivity index (χ1n) is 8.12. The van der Waals surface area contributed by atoms with E-state index in [1.54, 1.807) is 12.1 Å². The Balaban J connectivity index is 1.52. The molecule has 0 radical (unpaired) electrons. The van der Waals surface area contributed by atoms with Crippen molar-refractivity contribution >= 4 is 28.4 Å². The zero-order valence-electron chi connectivity index (χ0n) is 14.0. The molecule has 2 N–H and O–H groups in total. The minimum absolute atomic E-state index is 0.183. The van der Waals surface area contributed by atoms with Crippen molar-refractivity contribution in [3.8, 4) is 0 Å². The first-order valence-corrected chi connectivity index (χ1v) is 8.12. The fourth-order valence-electron chi connectivity index (χ4n) is 2.54. The summed E-state index contributed by atoms with van der Waals surface area (Å²) in [6.07, 6.45) is 0.189. The molecule has 2 amide bonds. The molecule has 5 nitrogen and oxygen atoms in total. The maximum atomic E-state index is 12.2. The van der Waals surface area contributed by atoms with E-state index in [9.17, 15) is 9.59 Å². The summed E-state index contributed by atoms with van der Waals surface area (Å²) in [5.74, 6) is 0.148. The van der Waals surface area contributed by atoms with Crippen molar-refractivity contribution < 1.29 is 9.59 Å². The number of rotatable bonds is 5. The fraction of sp³-hybridized carbons (Fsp3) is 0.150. The number of carbonyl (C=O) groups excluding carboxylic acids is 2. The van der Waals surface area contributed by atoms with Crippen LogP contribution < -0.4 is 10.6 Å². The van der Waals surface area contributed by atoms with Crippen LogP contribution >= 0.6 is 0 Å². The third-order valence-electron chi connectivity index (χ3n) is 3.81. The zero-order valence-corrected chi connectivity index (χ0v) is 14.0. The second kappa shape index (κ2) is 7.57. The standard InChI is InChI=1S/C20H19N3O2/c1-14-5-4-8-18(22-14)23-19(24)11-12-21-20(25)17-10-9-15-6-2-3-7-16(15)13-17/h2-10,13H,11-12H2,1H3,(H,21,25)(H,22,23,24). The van der Waals surface area contributed by atoms with Gasteiger partial charge in [0, 0.05) is 24.2 Å². The third-order valence-corrected chi connectivity index (χ3v) is 3.81. The van der Waals surface area contributed by atoms with Crippen LogP contribution in [0.1, 0.15) is 22.5 Å². The van der Waals surface area contributed by atoms with Gasteiger partial charge in [-0.3, -0.25) is 9.59 Å². The second-order valence-electron chi connectivity index (χ2n) is 5.78. The first-order chi connectivity index (χ1) is 12.1. The van der Waals surface area contributed by atoms with Gasteiger partial charge in [-0.25, -0.2) is 4.98 Å². The number of carbonyl (C=O) groups is 2. The van der Waals surface area contributed by atoms with E-state index >= 15 is 0 Å². The molecule has 3 rings (SSSR count). The predicted molar refractivity (Wildman–Crippen MR) is 98.5 cm³/mol. The van der Waals surface area contributed by atoms with Crippen LogP contribution in [0.3, 0.4) is 0 Å². The van der Waals surface area contributed by atoms with E-state index in [1.807, 2.05) is 55.5 Å². The van der Waals surface area contributed by atoms with Gasteiger partial charge in [0.1, 0.15) is 5.82 Å². The lowest BCUT2D eigenvalue weighted by atomic mass is 10.1. The summed E-state index contributed by atoms with van der Waals surface area (Å²) < 4.78 is 0. The molecule has 25 heavy (non-hydrogen) atoms. The quantitative estimate of drug-likeness (QED) is 0.752. The van der Waals surface area contributed by atoms with Gasteiger partial charge in [-0.1, -0.05) is 36.4 Å². The minimum atomic E-state index is -0.188. The number of aryl methyl sites for hydroxylation is 1. The molecule has 0 bridgehead atoms. The molecule has 0 saturated carbocycles. The van der Waals surface area contributed by atoms with Crippen LogP contribution in [0.4, 0.5) is 5.82 Å². The zero-order chi connectivity index (χ0) is 17.6. The molecule has 1 aromatic heterocycles. The van der Waals surface area contributed by atoms with Crippen molar-refractivity contribution in [3.05, 3.63) is 71.9 Å². The number of amides is 2. The van der Waals surface area contributed by atoms with Crippen LogP contribution in [0.15, 0.2) is 60.7 Å². The Morgan fingerprint density at radius 3 is 2.56 bits per heavy atom. The summed E-state index contributed by atoms with van der Waals surface area (Å²) in [4.78, 5) is 28.3. The smallest absolute Gasteiger partial charge is 0.251 e. The van der Waals surface area contributed by atoms with Crippen LogP contribution in [-0.2, 0) is 4.79 Å². The number of hydrogen-bond acceptors (Lipinski definition) is 3. The molecule has 0 aliphatic rings. The highest BCUT2D eigenvalue weighted by atomic mass is 16.2. The number of aromatic nitrogens is 1. The Labute approximate surface area is 146 Å². The predicted octanol–water partition coefficient (Wildman–Crippen LogP) is 3.30. The summed E-state index contributed by atoms with van der Waals surface area (Å²) in [7, 11) is 0. The van der Waals surface area contributed by atoms with E-state index in [2.05, 4.69) is 15.6 Å². The summed E-state index contributed by atoms with van der Waals surface area (Å²) in [5, 5.41) is 7.59. The number of nitrogens with zero attached hydrogens (tertiary/aromatic N) is 1. The lowest BCUT2D eigenvalue weighted by Gasteiger charge is -2.07. The molecule has 0 atom stereocenters. The average Bonchev–Trinajstić information content (AvgIpc) is 2.61. The number of fused-ring (bicyclic) bond motifs is 1. The van der Waals surface area contributed by atoms with Crippen LogP contribution in [-0.4, -0.2) is 23.3 Å². The fourth-order valence-corrected chi connectivity index (χ4v) is 2.54. The number of hydrogen-bond donors (Lipinski definition) is 2. The Morgan fingerprint density at radius 2 is 1.76 bits per heavy atom. The highest BCUT2D eigenvalue weighted by Crippen LogP contribution is 2.15. The van der Waals surface area contributed by atoms with Crippen molar-refractivity contribution in [2.24, 2.45) is 0 Å². The number of pyridine rings is 1. The van der Waals surface area contributed by atoms with Gasteiger partial charge in [0.2, 0.25) is 5.91 Å². The molecular weight excluding hydrogens is 314 g/mol. The summed E-state index contributed by atoms with van der Waals surface area (Å²) in [6.45, 7) is 2.13.